The zero-order valence-electron chi connectivity index (χ0n) is 7.46. The first kappa shape index (κ1) is 10.0. The Bertz CT molecular complexity index is 271. The maximum absolute atomic E-state index is 12.1. The Morgan fingerprint density at radius 2 is 2.00 bits per heavy atom. The van der Waals surface area contributed by atoms with Crippen LogP contribution in [0.25, 0.3) is 0 Å². The highest BCUT2D eigenvalue weighted by molar-refractivity contribution is 4.97. The van der Waals surface area contributed by atoms with Gasteiger partial charge in [-0.3, -0.25) is 5.10 Å². The highest BCUT2D eigenvalue weighted by Crippen LogP contribution is 2.18. The minimum atomic E-state index is -2.62. The second kappa shape index (κ2) is 3.78. The van der Waals surface area contributed by atoms with Crippen LogP contribution in [0, 0.1) is 5.92 Å². The summed E-state index contributed by atoms with van der Waals surface area (Å²) in [5.74, 6) is -0.0577. The number of hydrogen-bond donors (Lipinski definition) is 2. The van der Waals surface area contributed by atoms with Gasteiger partial charge in [0.2, 0.25) is 0 Å². The second-order valence-corrected chi connectivity index (χ2v) is 3.15. The summed E-state index contributed by atoms with van der Waals surface area (Å²) in [6.45, 7) is 3.76. The molecule has 0 spiro atoms. The van der Waals surface area contributed by atoms with Crippen molar-refractivity contribution >= 4 is 0 Å². The summed E-state index contributed by atoms with van der Waals surface area (Å²) in [5.41, 5.74) is 5.66. The van der Waals surface area contributed by atoms with E-state index in [1.807, 2.05) is 13.8 Å². The van der Waals surface area contributed by atoms with Crippen LogP contribution in [0.15, 0.2) is 0 Å². The number of hydrogen-bond acceptors (Lipinski definition) is 3. The fraction of sp³-hybridized carbons (Fsp3) is 0.714. The number of H-pyrrole nitrogens is 1. The highest BCUT2D eigenvalue weighted by atomic mass is 19.3. The van der Waals surface area contributed by atoms with Crippen molar-refractivity contribution in [3.05, 3.63) is 11.6 Å². The van der Waals surface area contributed by atoms with E-state index >= 15 is 0 Å². The lowest BCUT2D eigenvalue weighted by Gasteiger charge is -2.10. The van der Waals surface area contributed by atoms with Crippen LogP contribution in [0.2, 0.25) is 0 Å². The zero-order chi connectivity index (χ0) is 10.0. The molecule has 13 heavy (non-hydrogen) atoms. The molecule has 0 amide bonds. The molecule has 0 fully saturated rings. The van der Waals surface area contributed by atoms with Gasteiger partial charge in [-0.25, -0.2) is 13.8 Å². The van der Waals surface area contributed by atoms with Crippen molar-refractivity contribution in [2.45, 2.75) is 26.3 Å². The summed E-state index contributed by atoms with van der Waals surface area (Å²) < 4.78 is 24.1. The average molecular weight is 190 g/mol. The summed E-state index contributed by atoms with van der Waals surface area (Å²) >= 11 is 0. The first-order valence-electron chi connectivity index (χ1n) is 3.98. The number of nitrogens with two attached hydrogens (primary N) is 1. The summed E-state index contributed by atoms with van der Waals surface area (Å²) in [6, 6.07) is -0.399. The smallest absolute Gasteiger partial charge is 0.296 e. The normalized spacial score (nSPS) is 14.1. The number of aromatic nitrogens is 3. The summed E-state index contributed by atoms with van der Waals surface area (Å²) in [5, 5.41) is 5.77. The van der Waals surface area contributed by atoms with Crippen molar-refractivity contribution in [2.75, 3.05) is 0 Å². The predicted molar refractivity (Wildman–Crippen MR) is 43.1 cm³/mol. The van der Waals surface area contributed by atoms with Crippen LogP contribution in [0.4, 0.5) is 8.78 Å². The molecule has 4 nitrogen and oxygen atoms in total. The van der Waals surface area contributed by atoms with Crippen molar-refractivity contribution in [1.29, 1.82) is 0 Å². The first-order chi connectivity index (χ1) is 6.02. The van der Waals surface area contributed by atoms with E-state index in [1.54, 1.807) is 0 Å². The zero-order valence-corrected chi connectivity index (χ0v) is 7.46. The van der Waals surface area contributed by atoms with Gasteiger partial charge in [0.15, 0.2) is 11.6 Å². The van der Waals surface area contributed by atoms with Gasteiger partial charge in [0.25, 0.3) is 6.43 Å². The van der Waals surface area contributed by atoms with E-state index < -0.39 is 18.3 Å². The molecule has 1 aromatic rings. The van der Waals surface area contributed by atoms with Crippen LogP contribution in [0.5, 0.6) is 0 Å². The van der Waals surface area contributed by atoms with Gasteiger partial charge < -0.3 is 5.73 Å². The molecular weight excluding hydrogens is 178 g/mol. The quantitative estimate of drug-likeness (QED) is 0.756. The molecule has 1 aromatic heterocycles. The van der Waals surface area contributed by atoms with Crippen LogP contribution in [0.3, 0.4) is 0 Å². The topological polar surface area (TPSA) is 67.6 Å². The van der Waals surface area contributed by atoms with Crippen molar-refractivity contribution in [3.63, 3.8) is 0 Å². The standard InChI is InChI=1S/C7H12F2N4/c1-3(2)4(10)6-11-7(5(8)9)13-12-6/h3-5H,10H2,1-2H3,(H,11,12,13)/t4-/m1/s1. The SMILES string of the molecule is CC(C)[C@@H](N)c1n[nH]c(C(F)F)n1. The molecule has 0 bridgehead atoms. The fourth-order valence-electron chi connectivity index (χ4n) is 0.833. The molecule has 1 atom stereocenters. The lowest BCUT2D eigenvalue weighted by molar-refractivity contribution is 0.140. The molecule has 1 rings (SSSR count). The Kier molecular flexibility index (Phi) is 2.92. The van der Waals surface area contributed by atoms with E-state index in [9.17, 15) is 8.78 Å². The largest absolute Gasteiger partial charge is 0.321 e. The summed E-state index contributed by atoms with van der Waals surface area (Å²) in [7, 11) is 0. The molecule has 0 unspecified atom stereocenters. The molecule has 74 valence electrons. The molecule has 0 aliphatic rings. The predicted octanol–water partition coefficient (Wildman–Crippen LogP) is 1.40. The molecule has 0 saturated heterocycles. The van der Waals surface area contributed by atoms with Gasteiger partial charge in [0.1, 0.15) is 0 Å². The molecule has 0 aromatic carbocycles. The highest BCUT2D eigenvalue weighted by Gasteiger charge is 2.18. The van der Waals surface area contributed by atoms with Crippen LogP contribution in [0.1, 0.15) is 38.0 Å². The summed E-state index contributed by atoms with van der Waals surface area (Å²) in [4.78, 5) is 3.59. The van der Waals surface area contributed by atoms with Crippen molar-refractivity contribution in [2.24, 2.45) is 11.7 Å². The van der Waals surface area contributed by atoms with Crippen molar-refractivity contribution in [3.8, 4) is 0 Å². The van der Waals surface area contributed by atoms with Crippen LogP contribution < -0.4 is 5.73 Å². The Hall–Kier alpha value is -1.04. The van der Waals surface area contributed by atoms with Gasteiger partial charge >= 0.3 is 0 Å². The Labute approximate surface area is 74.5 Å². The maximum Gasteiger partial charge on any atom is 0.296 e. The molecule has 0 aliphatic carbocycles. The minimum absolute atomic E-state index is 0.126. The Balaban J connectivity index is 2.79. The number of aromatic amines is 1. The third-order valence-electron chi connectivity index (χ3n) is 1.74. The van der Waals surface area contributed by atoms with Crippen LogP contribution in [-0.2, 0) is 0 Å². The van der Waals surface area contributed by atoms with Gasteiger partial charge in [-0.1, -0.05) is 13.8 Å². The second-order valence-electron chi connectivity index (χ2n) is 3.15. The number of halogens is 2. The number of nitrogens with zero attached hydrogens (tertiary/aromatic N) is 2. The first-order valence-corrected chi connectivity index (χ1v) is 3.98. The van der Waals surface area contributed by atoms with Gasteiger partial charge in [-0.05, 0) is 5.92 Å². The van der Waals surface area contributed by atoms with Crippen molar-refractivity contribution < 1.29 is 8.78 Å². The van der Waals surface area contributed by atoms with E-state index in [0.29, 0.717) is 0 Å². The molecule has 0 radical (unpaired) electrons. The van der Waals surface area contributed by atoms with E-state index in [2.05, 4.69) is 15.2 Å². The molecule has 3 N–H and O–H groups in total. The third-order valence-corrected chi connectivity index (χ3v) is 1.74. The molecule has 0 saturated carbocycles. The molecule has 6 heteroatoms. The molecular formula is C7H12F2N4. The number of nitrogens with one attached hydrogen (secondary N) is 1. The van der Waals surface area contributed by atoms with Crippen LogP contribution in [-0.4, -0.2) is 15.2 Å². The van der Waals surface area contributed by atoms with Gasteiger partial charge in [0, 0.05) is 0 Å². The van der Waals surface area contributed by atoms with Gasteiger partial charge in [-0.2, -0.15) is 5.10 Å². The van der Waals surface area contributed by atoms with Gasteiger partial charge in [0.05, 0.1) is 6.04 Å². The summed E-state index contributed by atoms with van der Waals surface area (Å²) in [6.07, 6.45) is -2.62. The van der Waals surface area contributed by atoms with E-state index in [1.165, 1.54) is 0 Å². The lowest BCUT2D eigenvalue weighted by Crippen LogP contribution is -2.18. The van der Waals surface area contributed by atoms with E-state index in [0.717, 1.165) is 0 Å². The minimum Gasteiger partial charge on any atom is -0.321 e. The van der Waals surface area contributed by atoms with E-state index in [4.69, 9.17) is 5.73 Å². The third kappa shape index (κ3) is 2.21. The van der Waals surface area contributed by atoms with Crippen LogP contribution >= 0.6 is 0 Å². The maximum atomic E-state index is 12.1. The Morgan fingerprint density at radius 1 is 1.38 bits per heavy atom. The molecule has 0 aliphatic heterocycles. The lowest BCUT2D eigenvalue weighted by atomic mass is 10.1. The monoisotopic (exact) mass is 190 g/mol. The van der Waals surface area contributed by atoms with E-state index in [-0.39, 0.29) is 11.7 Å². The fourth-order valence-corrected chi connectivity index (χ4v) is 0.833. The molecule has 1 heterocycles. The van der Waals surface area contributed by atoms with Crippen molar-refractivity contribution in [1.82, 2.24) is 15.2 Å². The number of alkyl halides is 2. The number of rotatable bonds is 3. The Morgan fingerprint density at radius 3 is 2.38 bits per heavy atom. The average Bonchev–Trinajstić information content (AvgIpc) is 2.50. The van der Waals surface area contributed by atoms with Gasteiger partial charge in [-0.15, -0.1) is 0 Å².